The van der Waals surface area contributed by atoms with Gasteiger partial charge in [0.2, 0.25) is 0 Å². The predicted octanol–water partition coefficient (Wildman–Crippen LogP) is 3.15. The van der Waals surface area contributed by atoms with Crippen molar-refractivity contribution in [2.24, 2.45) is 11.3 Å². The van der Waals surface area contributed by atoms with Gasteiger partial charge >= 0.3 is 0 Å². The first kappa shape index (κ1) is 11.0. The molecule has 1 nitrogen and oxygen atoms in total. The first-order valence-electron chi connectivity index (χ1n) is 5.67. The highest BCUT2D eigenvalue weighted by molar-refractivity contribution is 4.83. The zero-order valence-electron chi connectivity index (χ0n) is 9.93. The molecule has 0 aromatic carbocycles. The van der Waals surface area contributed by atoms with E-state index in [0.717, 1.165) is 5.92 Å². The summed E-state index contributed by atoms with van der Waals surface area (Å²) in [6, 6.07) is 0.713. The summed E-state index contributed by atoms with van der Waals surface area (Å²) in [7, 11) is 0. The fourth-order valence-corrected chi connectivity index (χ4v) is 2.19. The van der Waals surface area contributed by atoms with Gasteiger partial charge in [-0.3, -0.25) is 0 Å². The van der Waals surface area contributed by atoms with Gasteiger partial charge in [0.15, 0.2) is 0 Å². The highest BCUT2D eigenvalue weighted by Crippen LogP contribution is 2.34. The second-order valence-corrected chi connectivity index (χ2v) is 5.60. The topological polar surface area (TPSA) is 3.24 Å². The van der Waals surface area contributed by atoms with E-state index >= 15 is 0 Å². The van der Waals surface area contributed by atoms with Crippen LogP contribution in [0.5, 0.6) is 0 Å². The number of hydrogen-bond donors (Lipinski definition) is 0. The zero-order valence-corrected chi connectivity index (χ0v) is 9.93. The third-order valence-corrected chi connectivity index (χ3v) is 3.76. The molecule has 1 aliphatic rings. The van der Waals surface area contributed by atoms with Crippen molar-refractivity contribution in [2.45, 2.75) is 53.5 Å². The quantitative estimate of drug-likeness (QED) is 0.603. The maximum absolute atomic E-state index is 2.63. The van der Waals surface area contributed by atoms with Gasteiger partial charge in [0.25, 0.3) is 0 Å². The molecule has 0 N–H and O–H groups in total. The number of nitrogens with zero attached hydrogens (tertiary/aromatic N) is 1. The smallest absolute Gasteiger partial charge is 0.00388 e. The van der Waals surface area contributed by atoms with E-state index in [2.05, 4.69) is 39.5 Å². The first-order valence-corrected chi connectivity index (χ1v) is 5.67. The van der Waals surface area contributed by atoms with E-state index in [4.69, 9.17) is 0 Å². The van der Waals surface area contributed by atoms with Crippen LogP contribution in [0, 0.1) is 11.3 Å². The Morgan fingerprint density at radius 3 is 2.46 bits per heavy atom. The monoisotopic (exact) mass is 183 g/mol. The Balaban J connectivity index is 2.65. The first-order chi connectivity index (χ1) is 5.93. The molecule has 1 rings (SSSR count). The number of rotatable bonds is 1. The third kappa shape index (κ3) is 2.70. The van der Waals surface area contributed by atoms with Crippen molar-refractivity contribution in [3.63, 3.8) is 0 Å². The molecule has 0 saturated carbocycles. The molecule has 0 aromatic heterocycles. The van der Waals surface area contributed by atoms with Gasteiger partial charge in [-0.25, -0.2) is 0 Å². The Morgan fingerprint density at radius 2 is 1.92 bits per heavy atom. The molecule has 1 atom stereocenters. The van der Waals surface area contributed by atoms with E-state index in [1.165, 1.54) is 25.9 Å². The molecular weight excluding hydrogens is 158 g/mol. The lowest BCUT2D eigenvalue weighted by molar-refractivity contribution is 0.131. The van der Waals surface area contributed by atoms with E-state index in [0.29, 0.717) is 11.5 Å². The Hall–Kier alpha value is -0.0400. The summed E-state index contributed by atoms with van der Waals surface area (Å²) >= 11 is 0. The molecule has 0 bridgehead atoms. The average molecular weight is 183 g/mol. The van der Waals surface area contributed by atoms with Crippen LogP contribution in [-0.2, 0) is 0 Å². The molecule has 0 spiro atoms. The zero-order chi connectivity index (χ0) is 10.1. The summed E-state index contributed by atoms with van der Waals surface area (Å²) < 4.78 is 0. The summed E-state index contributed by atoms with van der Waals surface area (Å²) in [5.41, 5.74) is 0.501. The molecule has 1 unspecified atom stereocenters. The maximum atomic E-state index is 2.63. The van der Waals surface area contributed by atoms with Crippen molar-refractivity contribution in [3.05, 3.63) is 0 Å². The molecule has 0 amide bonds. The highest BCUT2D eigenvalue weighted by atomic mass is 15.2. The summed E-state index contributed by atoms with van der Waals surface area (Å²) in [4.78, 5) is 2.63. The van der Waals surface area contributed by atoms with Crippen molar-refractivity contribution in [1.29, 1.82) is 0 Å². The van der Waals surface area contributed by atoms with Crippen LogP contribution in [-0.4, -0.2) is 24.0 Å². The normalized spacial score (nSPS) is 30.5. The van der Waals surface area contributed by atoms with Crippen LogP contribution >= 0.6 is 0 Å². The van der Waals surface area contributed by atoms with Crippen molar-refractivity contribution in [1.82, 2.24) is 4.90 Å². The molecule has 1 aliphatic heterocycles. The molecule has 1 heteroatoms. The lowest BCUT2D eigenvalue weighted by Crippen LogP contribution is -2.39. The van der Waals surface area contributed by atoms with Crippen molar-refractivity contribution in [3.8, 4) is 0 Å². The van der Waals surface area contributed by atoms with Crippen molar-refractivity contribution in [2.75, 3.05) is 13.1 Å². The third-order valence-electron chi connectivity index (χ3n) is 3.76. The van der Waals surface area contributed by atoms with Crippen molar-refractivity contribution >= 4 is 0 Å². The molecule has 0 radical (unpaired) electrons. The largest absolute Gasteiger partial charge is 0.300 e. The fourth-order valence-electron chi connectivity index (χ4n) is 2.19. The predicted molar refractivity (Wildman–Crippen MR) is 58.9 cm³/mol. The highest BCUT2D eigenvalue weighted by Gasteiger charge is 2.31. The molecule has 1 heterocycles. The Morgan fingerprint density at radius 1 is 1.31 bits per heavy atom. The van der Waals surface area contributed by atoms with Gasteiger partial charge in [0.05, 0.1) is 0 Å². The minimum atomic E-state index is 0.501. The van der Waals surface area contributed by atoms with Crippen LogP contribution in [0.25, 0.3) is 0 Å². The van der Waals surface area contributed by atoms with Gasteiger partial charge in [0, 0.05) is 12.6 Å². The summed E-state index contributed by atoms with van der Waals surface area (Å²) in [5, 5.41) is 0. The maximum Gasteiger partial charge on any atom is 0.00388 e. The van der Waals surface area contributed by atoms with Gasteiger partial charge in [-0.2, -0.15) is 0 Å². The van der Waals surface area contributed by atoms with Crippen LogP contribution in [0.3, 0.4) is 0 Å². The van der Waals surface area contributed by atoms with E-state index < -0.39 is 0 Å². The number of likely N-dealkylation sites (tertiary alicyclic amines) is 1. The lowest BCUT2D eigenvalue weighted by atomic mass is 9.78. The molecule has 0 aliphatic carbocycles. The summed E-state index contributed by atoms with van der Waals surface area (Å²) in [6.07, 6.45) is 2.78. The Bertz CT molecular complexity index is 161. The minimum Gasteiger partial charge on any atom is -0.300 e. The minimum absolute atomic E-state index is 0.501. The summed E-state index contributed by atoms with van der Waals surface area (Å²) in [6.45, 7) is 14.4. The molecule has 1 saturated heterocycles. The van der Waals surface area contributed by atoms with E-state index in [-0.39, 0.29) is 0 Å². The van der Waals surface area contributed by atoms with Gasteiger partial charge < -0.3 is 4.90 Å². The molecule has 0 aromatic rings. The number of hydrogen-bond acceptors (Lipinski definition) is 1. The molecule has 13 heavy (non-hydrogen) atoms. The van der Waals surface area contributed by atoms with E-state index in [1.807, 2.05) is 0 Å². The van der Waals surface area contributed by atoms with Gasteiger partial charge in [-0.1, -0.05) is 20.8 Å². The van der Waals surface area contributed by atoms with Crippen molar-refractivity contribution < 1.29 is 0 Å². The molecule has 78 valence electrons. The lowest BCUT2D eigenvalue weighted by Gasteiger charge is -2.35. The van der Waals surface area contributed by atoms with Crippen LogP contribution in [0.1, 0.15) is 47.5 Å². The molecule has 1 fully saturated rings. The molecular formula is C12H25N. The Kier molecular flexibility index (Phi) is 3.39. The summed E-state index contributed by atoms with van der Waals surface area (Å²) in [5.74, 6) is 0.872. The standard InChI is InChI=1S/C12H25N/c1-10(2)13-8-6-7-11(3)12(4,5)9-13/h10-11H,6-9H2,1-5H3. The van der Waals surface area contributed by atoms with Crippen LogP contribution in [0.15, 0.2) is 0 Å². The second kappa shape index (κ2) is 4.00. The Labute approximate surface area is 83.5 Å². The van der Waals surface area contributed by atoms with Gasteiger partial charge in [-0.15, -0.1) is 0 Å². The SMILES string of the molecule is CC(C)N1CCCC(C)C(C)(C)C1. The van der Waals surface area contributed by atoms with E-state index in [9.17, 15) is 0 Å². The van der Waals surface area contributed by atoms with Gasteiger partial charge in [-0.05, 0) is 44.6 Å². The van der Waals surface area contributed by atoms with E-state index in [1.54, 1.807) is 0 Å². The second-order valence-electron chi connectivity index (χ2n) is 5.60. The van der Waals surface area contributed by atoms with Crippen LogP contribution in [0.2, 0.25) is 0 Å². The average Bonchev–Trinajstić information content (AvgIpc) is 2.12. The fraction of sp³-hybridized carbons (Fsp3) is 1.00. The van der Waals surface area contributed by atoms with Gasteiger partial charge in [0.1, 0.15) is 0 Å². The van der Waals surface area contributed by atoms with Crippen LogP contribution in [0.4, 0.5) is 0 Å². The van der Waals surface area contributed by atoms with Crippen LogP contribution < -0.4 is 0 Å².